The van der Waals surface area contributed by atoms with Crippen LogP contribution in [0.2, 0.25) is 0 Å². The van der Waals surface area contributed by atoms with Crippen molar-refractivity contribution in [2.75, 3.05) is 20.8 Å². The molecule has 2 N–H and O–H groups in total. The molecule has 0 radical (unpaired) electrons. The average molecular weight is 461 g/mol. The lowest BCUT2D eigenvalue weighted by Crippen LogP contribution is -2.33. The number of carbonyl (C=O) groups is 1. The zero-order valence-corrected chi connectivity index (χ0v) is 19.4. The Balaban J connectivity index is 1.72. The molecule has 1 aliphatic rings. The number of methoxy groups -OCH3 is 2. The van der Waals surface area contributed by atoms with E-state index in [9.17, 15) is 9.90 Å². The van der Waals surface area contributed by atoms with Crippen LogP contribution in [0.3, 0.4) is 0 Å². The molecular weight excluding hydrogens is 432 g/mol. The molecule has 7 heteroatoms. The van der Waals surface area contributed by atoms with Crippen molar-refractivity contribution < 1.29 is 24.1 Å². The molecular formula is C27H28N2O5. The molecule has 1 aliphatic heterocycles. The number of nitrogens with one attached hydrogen (secondary N) is 1. The van der Waals surface area contributed by atoms with Gasteiger partial charge in [-0.15, -0.1) is 0 Å². The molecule has 0 aliphatic carbocycles. The zero-order chi connectivity index (χ0) is 24.1. The van der Waals surface area contributed by atoms with Crippen LogP contribution in [0.25, 0.3) is 0 Å². The van der Waals surface area contributed by atoms with Crippen molar-refractivity contribution in [3.05, 3.63) is 89.0 Å². The first-order chi connectivity index (χ1) is 16.5. The monoisotopic (exact) mass is 460 g/mol. The van der Waals surface area contributed by atoms with Crippen LogP contribution in [0, 0.1) is 0 Å². The molecule has 1 heterocycles. The molecule has 176 valence electrons. The molecule has 34 heavy (non-hydrogen) atoms. The average Bonchev–Trinajstić information content (AvgIpc) is 2.89. The summed E-state index contributed by atoms with van der Waals surface area (Å²) in [6, 6.07) is 20.3. The Morgan fingerprint density at radius 2 is 1.79 bits per heavy atom. The predicted molar refractivity (Wildman–Crippen MR) is 130 cm³/mol. The van der Waals surface area contributed by atoms with E-state index in [1.54, 1.807) is 25.3 Å². The van der Waals surface area contributed by atoms with E-state index < -0.39 is 0 Å². The Labute approximate surface area is 199 Å². The van der Waals surface area contributed by atoms with Crippen molar-refractivity contribution in [1.29, 1.82) is 0 Å². The van der Waals surface area contributed by atoms with Gasteiger partial charge in [0.05, 0.1) is 26.4 Å². The van der Waals surface area contributed by atoms with E-state index in [1.807, 2.05) is 55.5 Å². The van der Waals surface area contributed by atoms with Gasteiger partial charge in [0.15, 0.2) is 11.5 Å². The minimum absolute atomic E-state index is 0.123. The molecule has 0 saturated heterocycles. The fraction of sp³-hybridized carbons (Fsp3) is 0.259. The van der Waals surface area contributed by atoms with E-state index in [2.05, 4.69) is 5.32 Å². The molecule has 4 rings (SSSR count). The van der Waals surface area contributed by atoms with Gasteiger partial charge in [-0.1, -0.05) is 24.3 Å². The topological polar surface area (TPSA) is 89.4 Å². The highest BCUT2D eigenvalue weighted by Crippen LogP contribution is 2.39. The number of nitrogens with zero attached hydrogens (tertiary/aromatic N) is 1. The van der Waals surface area contributed by atoms with Gasteiger partial charge in [0.2, 0.25) is 0 Å². The lowest BCUT2D eigenvalue weighted by molar-refractivity contribution is 0.0600. The number of aliphatic imine (C=N–C) groups is 1. The summed E-state index contributed by atoms with van der Waals surface area (Å²) in [5.41, 5.74) is 3.98. The van der Waals surface area contributed by atoms with Crippen molar-refractivity contribution in [3.63, 3.8) is 0 Å². The van der Waals surface area contributed by atoms with Crippen molar-refractivity contribution in [3.8, 4) is 17.2 Å². The van der Waals surface area contributed by atoms with E-state index >= 15 is 0 Å². The van der Waals surface area contributed by atoms with E-state index in [-0.39, 0.29) is 23.9 Å². The lowest BCUT2D eigenvalue weighted by atomic mass is 9.93. The number of rotatable bonds is 7. The van der Waals surface area contributed by atoms with Crippen LogP contribution < -0.4 is 14.8 Å². The summed E-state index contributed by atoms with van der Waals surface area (Å²) >= 11 is 0. The van der Waals surface area contributed by atoms with Crippen LogP contribution >= 0.6 is 0 Å². The standard InChI is InChI=1S/C27H28N2O5/c1-4-34-24-7-5-6-21(25(24)30)23-16-22(17-12-14-20(32-2)15-13-17)28-26(29-23)18-8-10-19(11-9-18)27(31)33-3/h5-15,23,26,29-30H,4,16H2,1-3H3/t23-,26+/m1/s1. The van der Waals surface area contributed by atoms with Gasteiger partial charge in [0, 0.05) is 23.7 Å². The minimum Gasteiger partial charge on any atom is -0.504 e. The number of aromatic hydroxyl groups is 1. The van der Waals surface area contributed by atoms with Crippen LogP contribution in [0.1, 0.15) is 52.6 Å². The van der Waals surface area contributed by atoms with Crippen LogP contribution in [-0.4, -0.2) is 37.6 Å². The van der Waals surface area contributed by atoms with Crippen LogP contribution in [0.4, 0.5) is 0 Å². The van der Waals surface area contributed by atoms with E-state index in [0.29, 0.717) is 24.3 Å². The fourth-order valence-electron chi connectivity index (χ4n) is 4.05. The summed E-state index contributed by atoms with van der Waals surface area (Å²) in [6.45, 7) is 2.34. The van der Waals surface area contributed by atoms with Gasteiger partial charge in [-0.05, 0) is 60.5 Å². The summed E-state index contributed by atoms with van der Waals surface area (Å²) in [7, 11) is 2.99. The maximum atomic E-state index is 11.8. The third-order valence-corrected chi connectivity index (χ3v) is 5.82. The predicted octanol–water partition coefficient (Wildman–Crippen LogP) is 4.81. The summed E-state index contributed by atoms with van der Waals surface area (Å²) in [4.78, 5) is 16.8. The van der Waals surface area contributed by atoms with Gasteiger partial charge in [-0.3, -0.25) is 10.3 Å². The molecule has 0 unspecified atom stereocenters. The third-order valence-electron chi connectivity index (χ3n) is 5.82. The highest BCUT2D eigenvalue weighted by atomic mass is 16.5. The highest BCUT2D eigenvalue weighted by molar-refractivity contribution is 6.01. The van der Waals surface area contributed by atoms with Gasteiger partial charge in [0.25, 0.3) is 0 Å². The van der Waals surface area contributed by atoms with Gasteiger partial charge in [0.1, 0.15) is 11.9 Å². The summed E-state index contributed by atoms with van der Waals surface area (Å²) < 4.78 is 15.7. The van der Waals surface area contributed by atoms with E-state index in [4.69, 9.17) is 19.2 Å². The number of phenolic OH excluding ortho intramolecular Hbond substituents is 1. The number of ether oxygens (including phenoxy) is 3. The Kier molecular flexibility index (Phi) is 7.13. The first kappa shape index (κ1) is 23.3. The van der Waals surface area contributed by atoms with Crippen LogP contribution in [0.5, 0.6) is 17.2 Å². The number of hydrogen-bond acceptors (Lipinski definition) is 7. The molecule has 0 bridgehead atoms. The first-order valence-corrected chi connectivity index (χ1v) is 11.1. The Morgan fingerprint density at radius 3 is 2.44 bits per heavy atom. The zero-order valence-electron chi connectivity index (χ0n) is 19.4. The SMILES string of the molecule is CCOc1cccc([C@H]2CC(c3ccc(OC)cc3)=N[C@H](c3ccc(C(=O)OC)cc3)N2)c1O. The molecule has 2 atom stereocenters. The highest BCUT2D eigenvalue weighted by Gasteiger charge is 2.28. The number of carbonyl (C=O) groups excluding carboxylic acids is 1. The van der Waals surface area contributed by atoms with Crippen molar-refractivity contribution >= 4 is 11.7 Å². The van der Waals surface area contributed by atoms with Crippen molar-refractivity contribution in [2.24, 2.45) is 4.99 Å². The Hall–Kier alpha value is -3.84. The number of para-hydroxylation sites is 1. The Morgan fingerprint density at radius 1 is 1.06 bits per heavy atom. The largest absolute Gasteiger partial charge is 0.504 e. The summed E-state index contributed by atoms with van der Waals surface area (Å²) in [6.07, 6.45) is 0.198. The smallest absolute Gasteiger partial charge is 0.337 e. The molecule has 0 saturated carbocycles. The van der Waals surface area contributed by atoms with Gasteiger partial charge >= 0.3 is 5.97 Å². The molecule has 7 nitrogen and oxygen atoms in total. The Bertz CT molecular complexity index is 1170. The quantitative estimate of drug-likeness (QED) is 0.492. The summed E-state index contributed by atoms with van der Waals surface area (Å²) in [5.74, 6) is 0.958. The van der Waals surface area contributed by atoms with E-state index in [0.717, 1.165) is 28.2 Å². The summed E-state index contributed by atoms with van der Waals surface area (Å²) in [5, 5.41) is 14.4. The van der Waals surface area contributed by atoms with Crippen LogP contribution in [0.15, 0.2) is 71.7 Å². The second kappa shape index (κ2) is 10.4. The first-order valence-electron chi connectivity index (χ1n) is 11.1. The maximum Gasteiger partial charge on any atom is 0.337 e. The van der Waals surface area contributed by atoms with Gasteiger partial charge in [-0.25, -0.2) is 4.79 Å². The fourth-order valence-corrected chi connectivity index (χ4v) is 4.05. The third kappa shape index (κ3) is 4.89. The molecule has 0 aromatic heterocycles. The lowest BCUT2D eigenvalue weighted by Gasteiger charge is -2.31. The molecule has 0 spiro atoms. The van der Waals surface area contributed by atoms with E-state index in [1.165, 1.54) is 7.11 Å². The second-order valence-corrected chi connectivity index (χ2v) is 7.87. The number of benzene rings is 3. The normalized spacial score (nSPS) is 17.6. The maximum absolute atomic E-state index is 11.8. The minimum atomic E-state index is -0.388. The number of hydrogen-bond donors (Lipinski definition) is 2. The number of phenols is 1. The molecule has 3 aromatic rings. The van der Waals surface area contributed by atoms with Crippen molar-refractivity contribution in [2.45, 2.75) is 25.6 Å². The molecule has 3 aromatic carbocycles. The second-order valence-electron chi connectivity index (χ2n) is 7.87. The molecule has 0 amide bonds. The van der Waals surface area contributed by atoms with Gasteiger partial charge < -0.3 is 19.3 Å². The van der Waals surface area contributed by atoms with Crippen molar-refractivity contribution in [1.82, 2.24) is 5.32 Å². The van der Waals surface area contributed by atoms with Crippen LogP contribution in [-0.2, 0) is 4.74 Å². The van der Waals surface area contributed by atoms with Gasteiger partial charge in [-0.2, -0.15) is 0 Å². The number of esters is 1. The molecule has 0 fully saturated rings.